The molecule has 0 fully saturated rings. The fraction of sp³-hybridized carbons (Fsp3) is 0.250. The first-order valence-corrected chi connectivity index (χ1v) is 6.20. The SMILES string of the molecule is CC(C)c1n[nH]c(=S)n1-c1ccc(C#N)cc1Cl. The number of halogens is 1. The van der Waals surface area contributed by atoms with Crippen molar-refractivity contribution in [1.29, 1.82) is 5.26 Å². The van der Waals surface area contributed by atoms with Crippen molar-refractivity contribution in [1.82, 2.24) is 14.8 Å². The summed E-state index contributed by atoms with van der Waals surface area (Å²) in [5.41, 5.74) is 1.25. The molecule has 0 aliphatic rings. The van der Waals surface area contributed by atoms with Gasteiger partial charge in [0.15, 0.2) is 4.77 Å². The highest BCUT2D eigenvalue weighted by molar-refractivity contribution is 7.71. The van der Waals surface area contributed by atoms with Gasteiger partial charge in [0.1, 0.15) is 5.82 Å². The van der Waals surface area contributed by atoms with Crippen LogP contribution in [-0.4, -0.2) is 14.8 Å². The fourth-order valence-corrected chi connectivity index (χ4v) is 2.19. The van der Waals surface area contributed by atoms with E-state index in [2.05, 4.69) is 10.2 Å². The van der Waals surface area contributed by atoms with E-state index in [1.807, 2.05) is 19.9 Å². The minimum atomic E-state index is 0.213. The lowest BCUT2D eigenvalue weighted by Gasteiger charge is -2.10. The van der Waals surface area contributed by atoms with E-state index in [-0.39, 0.29) is 5.92 Å². The van der Waals surface area contributed by atoms with E-state index >= 15 is 0 Å². The Bertz CT molecular complexity index is 678. The van der Waals surface area contributed by atoms with Gasteiger partial charge in [0.25, 0.3) is 0 Å². The lowest BCUT2D eigenvalue weighted by atomic mass is 10.2. The van der Waals surface area contributed by atoms with Crippen molar-refractivity contribution in [3.05, 3.63) is 39.4 Å². The molecule has 0 amide bonds. The van der Waals surface area contributed by atoms with Gasteiger partial charge in [-0.15, -0.1) is 0 Å². The van der Waals surface area contributed by atoms with Crippen LogP contribution in [0.3, 0.4) is 0 Å². The third-order valence-corrected chi connectivity index (χ3v) is 3.11. The number of nitrogens with zero attached hydrogens (tertiary/aromatic N) is 3. The second-order valence-corrected chi connectivity index (χ2v) is 4.95. The zero-order chi connectivity index (χ0) is 13.3. The Labute approximate surface area is 115 Å². The maximum Gasteiger partial charge on any atom is 0.199 e. The quantitative estimate of drug-likeness (QED) is 0.854. The molecule has 18 heavy (non-hydrogen) atoms. The number of aromatic amines is 1. The van der Waals surface area contributed by atoms with Gasteiger partial charge in [0, 0.05) is 5.92 Å². The van der Waals surface area contributed by atoms with Gasteiger partial charge in [-0.1, -0.05) is 25.4 Å². The van der Waals surface area contributed by atoms with E-state index in [0.29, 0.717) is 15.4 Å². The van der Waals surface area contributed by atoms with Crippen molar-refractivity contribution in [3.8, 4) is 11.8 Å². The van der Waals surface area contributed by atoms with Gasteiger partial charge in [0.05, 0.1) is 22.3 Å². The van der Waals surface area contributed by atoms with E-state index < -0.39 is 0 Å². The summed E-state index contributed by atoms with van der Waals surface area (Å²) in [6, 6.07) is 7.15. The van der Waals surface area contributed by atoms with Gasteiger partial charge >= 0.3 is 0 Å². The molecule has 1 aromatic carbocycles. The standard InChI is InChI=1S/C12H11ClN4S/c1-7(2)11-15-16-12(18)17(11)10-4-3-8(6-14)5-9(10)13/h3-5,7H,1-2H3,(H,16,18). The number of H-pyrrole nitrogens is 1. The first kappa shape index (κ1) is 12.8. The number of nitriles is 1. The highest BCUT2D eigenvalue weighted by atomic mass is 35.5. The van der Waals surface area contributed by atoms with Crippen molar-refractivity contribution in [3.63, 3.8) is 0 Å². The van der Waals surface area contributed by atoms with Crippen molar-refractivity contribution >= 4 is 23.8 Å². The van der Waals surface area contributed by atoms with Crippen molar-refractivity contribution < 1.29 is 0 Å². The Morgan fingerprint density at radius 1 is 1.50 bits per heavy atom. The van der Waals surface area contributed by atoms with Gasteiger partial charge < -0.3 is 0 Å². The molecule has 0 atom stereocenters. The number of nitrogens with one attached hydrogen (secondary N) is 1. The number of aromatic nitrogens is 3. The molecule has 92 valence electrons. The molecule has 1 heterocycles. The zero-order valence-electron chi connectivity index (χ0n) is 9.94. The second kappa shape index (κ2) is 4.92. The normalized spacial score (nSPS) is 10.6. The first-order valence-electron chi connectivity index (χ1n) is 5.42. The topological polar surface area (TPSA) is 57.4 Å². The predicted octanol–water partition coefficient (Wildman–Crippen LogP) is 3.58. The highest BCUT2D eigenvalue weighted by Crippen LogP contribution is 2.25. The number of rotatable bonds is 2. The molecule has 6 heteroatoms. The van der Waals surface area contributed by atoms with Crippen LogP contribution in [0.15, 0.2) is 18.2 Å². The van der Waals surface area contributed by atoms with Crippen LogP contribution >= 0.6 is 23.8 Å². The molecule has 0 spiro atoms. The van der Waals surface area contributed by atoms with Crippen LogP contribution in [-0.2, 0) is 0 Å². The Hall–Kier alpha value is -1.64. The summed E-state index contributed by atoms with van der Waals surface area (Å²) in [5, 5.41) is 16.3. The molecule has 1 N–H and O–H groups in total. The smallest absolute Gasteiger partial charge is 0.199 e. The van der Waals surface area contributed by atoms with Gasteiger partial charge in [0.2, 0.25) is 0 Å². The minimum absolute atomic E-state index is 0.213. The molecule has 0 saturated carbocycles. The van der Waals surface area contributed by atoms with Crippen molar-refractivity contribution in [2.24, 2.45) is 0 Å². The Morgan fingerprint density at radius 2 is 2.22 bits per heavy atom. The summed E-state index contributed by atoms with van der Waals surface area (Å²) in [6.07, 6.45) is 0. The Morgan fingerprint density at radius 3 is 2.78 bits per heavy atom. The summed E-state index contributed by atoms with van der Waals surface area (Å²) in [4.78, 5) is 0. The van der Waals surface area contributed by atoms with E-state index in [1.54, 1.807) is 22.8 Å². The average Bonchev–Trinajstić information content (AvgIpc) is 2.71. The lowest BCUT2D eigenvalue weighted by molar-refractivity contribution is 0.744. The van der Waals surface area contributed by atoms with E-state index in [4.69, 9.17) is 29.1 Å². The van der Waals surface area contributed by atoms with Crippen LogP contribution in [0, 0.1) is 16.1 Å². The maximum absolute atomic E-state index is 8.83. The molecule has 1 aromatic heterocycles. The summed E-state index contributed by atoms with van der Waals surface area (Å²) in [6.45, 7) is 4.05. The number of benzene rings is 1. The molecular formula is C12H11ClN4S. The van der Waals surface area contributed by atoms with Crippen molar-refractivity contribution in [2.75, 3.05) is 0 Å². The van der Waals surface area contributed by atoms with Crippen molar-refractivity contribution in [2.45, 2.75) is 19.8 Å². The van der Waals surface area contributed by atoms with E-state index in [1.165, 1.54) is 0 Å². The first-order chi connectivity index (χ1) is 8.54. The van der Waals surface area contributed by atoms with Gasteiger partial charge in [-0.3, -0.25) is 9.67 Å². The number of hydrogen-bond donors (Lipinski definition) is 1. The van der Waals surface area contributed by atoms with Crippen LogP contribution in [0.4, 0.5) is 0 Å². The molecule has 2 aromatic rings. The zero-order valence-corrected chi connectivity index (χ0v) is 11.5. The molecule has 0 aliphatic heterocycles. The number of hydrogen-bond acceptors (Lipinski definition) is 3. The Kier molecular flexibility index (Phi) is 3.50. The van der Waals surface area contributed by atoms with Crippen LogP contribution < -0.4 is 0 Å². The third-order valence-electron chi connectivity index (χ3n) is 2.53. The lowest BCUT2D eigenvalue weighted by Crippen LogP contribution is -2.04. The minimum Gasteiger partial charge on any atom is -0.270 e. The maximum atomic E-state index is 8.83. The van der Waals surface area contributed by atoms with Gasteiger partial charge in [-0.25, -0.2) is 0 Å². The summed E-state index contributed by atoms with van der Waals surface area (Å²) < 4.78 is 2.29. The largest absolute Gasteiger partial charge is 0.270 e. The van der Waals surface area contributed by atoms with Crippen LogP contribution in [0.2, 0.25) is 5.02 Å². The second-order valence-electron chi connectivity index (χ2n) is 4.16. The highest BCUT2D eigenvalue weighted by Gasteiger charge is 2.14. The van der Waals surface area contributed by atoms with Gasteiger partial charge in [-0.2, -0.15) is 10.4 Å². The molecule has 2 rings (SSSR count). The third kappa shape index (κ3) is 2.17. The molecule has 0 unspecified atom stereocenters. The predicted molar refractivity (Wildman–Crippen MR) is 72.6 cm³/mol. The molecule has 0 aliphatic carbocycles. The molecule has 4 nitrogen and oxygen atoms in total. The van der Waals surface area contributed by atoms with Gasteiger partial charge in [-0.05, 0) is 30.4 Å². The summed E-state index contributed by atoms with van der Waals surface area (Å²) in [5.74, 6) is 1.02. The molecule has 0 radical (unpaired) electrons. The van der Waals surface area contributed by atoms with Crippen LogP contribution in [0.25, 0.3) is 5.69 Å². The van der Waals surface area contributed by atoms with E-state index in [0.717, 1.165) is 11.5 Å². The average molecular weight is 279 g/mol. The van der Waals surface area contributed by atoms with Crippen LogP contribution in [0.1, 0.15) is 31.2 Å². The fourth-order valence-electron chi connectivity index (χ4n) is 1.69. The van der Waals surface area contributed by atoms with Crippen LogP contribution in [0.5, 0.6) is 0 Å². The summed E-state index contributed by atoms with van der Waals surface area (Å²) in [7, 11) is 0. The Balaban J connectivity index is 2.67. The molecule has 0 saturated heterocycles. The molecule has 0 bridgehead atoms. The summed E-state index contributed by atoms with van der Waals surface area (Å²) >= 11 is 11.4. The monoisotopic (exact) mass is 278 g/mol. The molecular weight excluding hydrogens is 268 g/mol. The van der Waals surface area contributed by atoms with E-state index in [9.17, 15) is 0 Å².